The van der Waals surface area contributed by atoms with Crippen LogP contribution in [-0.2, 0) is 13.1 Å². The second-order valence-corrected chi connectivity index (χ2v) is 4.51. The SMILES string of the molecule is CCn1cnnc1CNc1c(F)cc(C(N)=S)cc1F. The molecule has 0 fully saturated rings. The van der Waals surface area contributed by atoms with E-state index >= 15 is 0 Å². The molecule has 2 aromatic rings. The Morgan fingerprint density at radius 1 is 1.40 bits per heavy atom. The molecule has 1 aromatic heterocycles. The summed E-state index contributed by atoms with van der Waals surface area (Å²) >= 11 is 4.69. The maximum Gasteiger partial charge on any atom is 0.152 e. The van der Waals surface area contributed by atoms with Crippen molar-refractivity contribution in [1.29, 1.82) is 0 Å². The Labute approximate surface area is 119 Å². The molecule has 1 heterocycles. The first-order valence-corrected chi connectivity index (χ1v) is 6.33. The van der Waals surface area contributed by atoms with Crippen molar-refractivity contribution >= 4 is 22.9 Å². The van der Waals surface area contributed by atoms with Gasteiger partial charge in [-0.05, 0) is 19.1 Å². The van der Waals surface area contributed by atoms with Gasteiger partial charge in [-0.1, -0.05) is 12.2 Å². The largest absolute Gasteiger partial charge is 0.389 e. The average molecular weight is 297 g/mol. The third-order valence-electron chi connectivity index (χ3n) is 2.79. The van der Waals surface area contributed by atoms with Crippen LogP contribution in [0.4, 0.5) is 14.5 Å². The van der Waals surface area contributed by atoms with Crippen LogP contribution in [0.15, 0.2) is 18.5 Å². The summed E-state index contributed by atoms with van der Waals surface area (Å²) in [5.41, 5.74) is 5.26. The van der Waals surface area contributed by atoms with Crippen molar-refractivity contribution in [2.75, 3.05) is 5.32 Å². The number of hydrogen-bond acceptors (Lipinski definition) is 4. The fourth-order valence-corrected chi connectivity index (χ4v) is 1.85. The number of hydrogen-bond donors (Lipinski definition) is 2. The summed E-state index contributed by atoms with van der Waals surface area (Å²) in [7, 11) is 0. The summed E-state index contributed by atoms with van der Waals surface area (Å²) in [4.78, 5) is -0.0555. The summed E-state index contributed by atoms with van der Waals surface area (Å²) in [6.07, 6.45) is 1.56. The molecule has 1 aromatic carbocycles. The molecule has 0 saturated carbocycles. The number of aryl methyl sites for hydroxylation is 1. The molecular formula is C12H13F2N5S. The lowest BCUT2D eigenvalue weighted by atomic mass is 10.2. The quantitative estimate of drug-likeness (QED) is 0.824. The van der Waals surface area contributed by atoms with E-state index < -0.39 is 11.6 Å². The number of nitrogens with zero attached hydrogens (tertiary/aromatic N) is 3. The normalized spacial score (nSPS) is 10.6. The van der Waals surface area contributed by atoms with E-state index in [1.807, 2.05) is 6.92 Å². The minimum absolute atomic E-state index is 0.0555. The van der Waals surface area contributed by atoms with Crippen molar-refractivity contribution in [3.05, 3.63) is 41.5 Å². The van der Waals surface area contributed by atoms with E-state index in [-0.39, 0.29) is 22.8 Å². The highest BCUT2D eigenvalue weighted by molar-refractivity contribution is 7.80. The van der Waals surface area contributed by atoms with Gasteiger partial charge in [0.15, 0.2) is 5.82 Å². The van der Waals surface area contributed by atoms with Crippen LogP contribution < -0.4 is 11.1 Å². The minimum atomic E-state index is -0.754. The second-order valence-electron chi connectivity index (χ2n) is 4.07. The number of halogens is 2. The molecule has 8 heteroatoms. The van der Waals surface area contributed by atoms with E-state index in [1.165, 1.54) is 0 Å². The number of thiocarbonyl (C=S) groups is 1. The molecule has 0 aliphatic carbocycles. The Morgan fingerprint density at radius 3 is 2.60 bits per heavy atom. The van der Waals surface area contributed by atoms with Crippen molar-refractivity contribution in [3.8, 4) is 0 Å². The van der Waals surface area contributed by atoms with Crippen LogP contribution >= 0.6 is 12.2 Å². The van der Waals surface area contributed by atoms with Crippen LogP contribution in [0.25, 0.3) is 0 Å². The fraction of sp³-hybridized carbons (Fsp3) is 0.250. The Bertz CT molecular complexity index is 618. The van der Waals surface area contributed by atoms with Gasteiger partial charge in [0.1, 0.15) is 28.6 Å². The second kappa shape index (κ2) is 5.91. The number of rotatable bonds is 5. The van der Waals surface area contributed by atoms with Crippen LogP contribution in [0.3, 0.4) is 0 Å². The van der Waals surface area contributed by atoms with Crippen LogP contribution in [0.1, 0.15) is 18.3 Å². The van der Waals surface area contributed by atoms with Crippen molar-refractivity contribution in [2.24, 2.45) is 5.73 Å². The molecule has 5 nitrogen and oxygen atoms in total. The molecule has 20 heavy (non-hydrogen) atoms. The molecule has 0 bridgehead atoms. The predicted octanol–water partition coefficient (Wildman–Crippen LogP) is 1.82. The van der Waals surface area contributed by atoms with Crippen molar-refractivity contribution < 1.29 is 8.78 Å². The van der Waals surface area contributed by atoms with Gasteiger partial charge in [0.25, 0.3) is 0 Å². The smallest absolute Gasteiger partial charge is 0.152 e. The highest BCUT2D eigenvalue weighted by Gasteiger charge is 2.13. The van der Waals surface area contributed by atoms with Gasteiger partial charge in [0, 0.05) is 12.1 Å². The van der Waals surface area contributed by atoms with Gasteiger partial charge >= 0.3 is 0 Å². The lowest BCUT2D eigenvalue weighted by molar-refractivity contribution is 0.586. The molecule has 106 valence electrons. The summed E-state index contributed by atoms with van der Waals surface area (Å²) in [5.74, 6) is -0.921. The molecule has 0 saturated heterocycles. The van der Waals surface area contributed by atoms with E-state index in [1.54, 1.807) is 10.9 Å². The molecule has 2 rings (SSSR count). The van der Waals surface area contributed by atoms with E-state index in [9.17, 15) is 8.78 Å². The zero-order valence-corrected chi connectivity index (χ0v) is 11.5. The van der Waals surface area contributed by atoms with Gasteiger partial charge in [-0.25, -0.2) is 8.78 Å². The molecule has 0 aliphatic heterocycles. The number of nitrogens with two attached hydrogens (primary N) is 1. The fourth-order valence-electron chi connectivity index (χ4n) is 1.73. The summed E-state index contributed by atoms with van der Waals surface area (Å²) in [6.45, 7) is 2.76. The minimum Gasteiger partial charge on any atom is -0.389 e. The first-order chi connectivity index (χ1) is 9.52. The topological polar surface area (TPSA) is 68.8 Å². The zero-order chi connectivity index (χ0) is 14.7. The van der Waals surface area contributed by atoms with E-state index in [0.717, 1.165) is 12.1 Å². The van der Waals surface area contributed by atoms with Crippen molar-refractivity contribution in [3.63, 3.8) is 0 Å². The highest BCUT2D eigenvalue weighted by Crippen LogP contribution is 2.21. The molecule has 0 aliphatic rings. The standard InChI is InChI=1S/C12H13F2N5S/c1-2-19-6-17-18-10(19)5-16-11-8(13)3-7(12(15)20)4-9(11)14/h3-4,6,16H,2,5H2,1H3,(H2,15,20). The van der Waals surface area contributed by atoms with Crippen LogP contribution in [0.5, 0.6) is 0 Å². The molecule has 0 atom stereocenters. The number of anilines is 1. The number of benzene rings is 1. The molecule has 0 spiro atoms. The molecular weight excluding hydrogens is 284 g/mol. The lowest BCUT2D eigenvalue weighted by Gasteiger charge is -2.10. The van der Waals surface area contributed by atoms with Gasteiger partial charge in [-0.3, -0.25) is 0 Å². The zero-order valence-electron chi connectivity index (χ0n) is 10.7. The maximum absolute atomic E-state index is 13.8. The van der Waals surface area contributed by atoms with Gasteiger partial charge in [0.05, 0.1) is 6.54 Å². The van der Waals surface area contributed by atoms with Gasteiger partial charge in [-0.15, -0.1) is 10.2 Å². The summed E-state index contributed by atoms with van der Waals surface area (Å²) < 4.78 is 29.4. The summed E-state index contributed by atoms with van der Waals surface area (Å²) in [6, 6.07) is 2.19. The Balaban J connectivity index is 2.20. The maximum atomic E-state index is 13.8. The highest BCUT2D eigenvalue weighted by atomic mass is 32.1. The van der Waals surface area contributed by atoms with Crippen LogP contribution in [0, 0.1) is 11.6 Å². The molecule has 0 amide bonds. The van der Waals surface area contributed by atoms with E-state index in [0.29, 0.717) is 12.4 Å². The van der Waals surface area contributed by atoms with Crippen LogP contribution in [0.2, 0.25) is 0 Å². The van der Waals surface area contributed by atoms with Crippen molar-refractivity contribution in [2.45, 2.75) is 20.0 Å². The van der Waals surface area contributed by atoms with Crippen molar-refractivity contribution in [1.82, 2.24) is 14.8 Å². The Morgan fingerprint density at radius 2 is 2.05 bits per heavy atom. The van der Waals surface area contributed by atoms with Gasteiger partial charge in [-0.2, -0.15) is 0 Å². The number of nitrogens with one attached hydrogen (secondary N) is 1. The molecule has 0 unspecified atom stereocenters. The van der Waals surface area contributed by atoms with Crippen LogP contribution in [-0.4, -0.2) is 19.8 Å². The predicted molar refractivity (Wildman–Crippen MR) is 75.3 cm³/mol. The van der Waals surface area contributed by atoms with E-state index in [4.69, 9.17) is 5.73 Å². The third kappa shape index (κ3) is 2.90. The Kier molecular flexibility index (Phi) is 4.23. The lowest BCUT2D eigenvalue weighted by Crippen LogP contribution is -2.13. The first kappa shape index (κ1) is 14.3. The first-order valence-electron chi connectivity index (χ1n) is 5.92. The van der Waals surface area contributed by atoms with Gasteiger partial charge in [0.2, 0.25) is 0 Å². The third-order valence-corrected chi connectivity index (χ3v) is 3.02. The Hall–Kier alpha value is -2.09. The summed E-state index contributed by atoms with van der Waals surface area (Å²) in [5, 5.41) is 10.3. The molecule has 0 radical (unpaired) electrons. The van der Waals surface area contributed by atoms with E-state index in [2.05, 4.69) is 27.7 Å². The monoisotopic (exact) mass is 297 g/mol. The molecule has 3 N–H and O–H groups in total. The number of aromatic nitrogens is 3. The van der Waals surface area contributed by atoms with Gasteiger partial charge < -0.3 is 15.6 Å². The average Bonchev–Trinajstić information content (AvgIpc) is 2.84.